The van der Waals surface area contributed by atoms with Crippen LogP contribution in [0, 0.1) is 5.92 Å². The molecule has 0 aromatic heterocycles. The average molecular weight is 228 g/mol. The Kier molecular flexibility index (Phi) is 6.52. The van der Waals surface area contributed by atoms with Gasteiger partial charge in [0.15, 0.2) is 0 Å². The molecule has 0 aromatic carbocycles. The largest absolute Gasteiger partial charge is 0.355 e. The third kappa shape index (κ3) is 5.85. The predicted octanol–water partition coefficient (Wildman–Crippen LogP) is 1.02. The lowest BCUT2D eigenvalue weighted by molar-refractivity contribution is -0.120. The number of rotatable bonds is 6. The number of hydrogen-bond acceptors (Lipinski definition) is 3. The Morgan fingerprint density at radius 1 is 1.47 bits per heavy atom. The van der Waals surface area contributed by atoms with Gasteiger partial charge in [0.2, 0.25) is 5.91 Å². The first-order valence-electron chi connectivity index (χ1n) is 5.49. The van der Waals surface area contributed by atoms with Crippen LogP contribution in [-0.2, 0) is 4.79 Å². The molecule has 0 aromatic rings. The quantitative estimate of drug-likeness (QED) is 0.527. The Morgan fingerprint density at radius 2 is 2.20 bits per heavy atom. The molecule has 0 bridgehead atoms. The topological polar surface area (TPSA) is 41.1 Å². The average Bonchev–Trinajstić information content (AvgIpc) is 2.28. The van der Waals surface area contributed by atoms with Gasteiger partial charge in [-0.1, -0.05) is 6.08 Å². The number of amides is 1. The molecule has 0 spiro atoms. The Hall–Kier alpha value is -0.480. The smallest absolute Gasteiger partial charge is 0.233 e. The van der Waals surface area contributed by atoms with Gasteiger partial charge in [-0.25, -0.2) is 0 Å². The van der Waals surface area contributed by atoms with Crippen LogP contribution in [0.3, 0.4) is 0 Å². The van der Waals surface area contributed by atoms with Gasteiger partial charge in [0, 0.05) is 13.1 Å². The summed E-state index contributed by atoms with van der Waals surface area (Å²) in [6.07, 6.45) is 4.24. The van der Waals surface area contributed by atoms with Crippen LogP contribution in [0.5, 0.6) is 0 Å². The molecule has 86 valence electrons. The maximum absolute atomic E-state index is 11.3. The maximum Gasteiger partial charge on any atom is 0.233 e. The Morgan fingerprint density at radius 3 is 2.87 bits per heavy atom. The lowest BCUT2D eigenvalue weighted by Crippen LogP contribution is -2.37. The molecule has 1 fully saturated rings. The zero-order valence-electron chi connectivity index (χ0n) is 9.13. The van der Waals surface area contributed by atoms with Crippen molar-refractivity contribution < 1.29 is 4.79 Å². The summed E-state index contributed by atoms with van der Waals surface area (Å²) < 4.78 is 0. The minimum atomic E-state index is 0.0927. The van der Waals surface area contributed by atoms with Crippen molar-refractivity contribution in [2.24, 2.45) is 5.92 Å². The van der Waals surface area contributed by atoms with Crippen LogP contribution < -0.4 is 10.6 Å². The molecule has 4 heteroatoms. The van der Waals surface area contributed by atoms with Gasteiger partial charge in [0.1, 0.15) is 0 Å². The summed E-state index contributed by atoms with van der Waals surface area (Å²) in [4.78, 5) is 11.3. The molecule has 3 nitrogen and oxygen atoms in total. The van der Waals surface area contributed by atoms with Gasteiger partial charge in [-0.3, -0.25) is 4.79 Å². The maximum atomic E-state index is 11.3. The number of hydrogen-bond donors (Lipinski definition) is 2. The number of carbonyl (C=O) groups is 1. The van der Waals surface area contributed by atoms with E-state index in [4.69, 9.17) is 0 Å². The standard InChI is InChI=1S/C11H20N2OS/c1-2-5-12-9-11(14)13-8-10-3-6-15-7-4-10/h2,10,12H,1,3-9H2,(H,13,14). The second-order valence-corrected chi connectivity index (χ2v) is 5.00. The highest BCUT2D eigenvalue weighted by molar-refractivity contribution is 7.99. The van der Waals surface area contributed by atoms with Crippen LogP contribution in [0.25, 0.3) is 0 Å². The lowest BCUT2D eigenvalue weighted by atomic mass is 10.0. The van der Waals surface area contributed by atoms with Gasteiger partial charge in [-0.2, -0.15) is 11.8 Å². The summed E-state index contributed by atoms with van der Waals surface area (Å²) >= 11 is 2.01. The molecule has 15 heavy (non-hydrogen) atoms. The summed E-state index contributed by atoms with van der Waals surface area (Å²) in [7, 11) is 0. The van der Waals surface area contributed by atoms with E-state index in [9.17, 15) is 4.79 Å². The van der Waals surface area contributed by atoms with Crippen LogP contribution >= 0.6 is 11.8 Å². The van der Waals surface area contributed by atoms with E-state index in [1.807, 2.05) is 11.8 Å². The van der Waals surface area contributed by atoms with Gasteiger partial charge in [0.05, 0.1) is 6.54 Å². The van der Waals surface area contributed by atoms with Crippen LogP contribution in [0.4, 0.5) is 0 Å². The highest BCUT2D eigenvalue weighted by Crippen LogP contribution is 2.21. The molecule has 0 saturated carbocycles. The predicted molar refractivity (Wildman–Crippen MR) is 66.1 cm³/mol. The van der Waals surface area contributed by atoms with E-state index in [-0.39, 0.29) is 5.91 Å². The van der Waals surface area contributed by atoms with E-state index in [2.05, 4.69) is 17.2 Å². The molecule has 1 aliphatic heterocycles. The van der Waals surface area contributed by atoms with E-state index < -0.39 is 0 Å². The van der Waals surface area contributed by atoms with Crippen molar-refractivity contribution in [1.29, 1.82) is 0 Å². The van der Waals surface area contributed by atoms with Gasteiger partial charge < -0.3 is 10.6 Å². The molecule has 1 rings (SSSR count). The summed E-state index contributed by atoms with van der Waals surface area (Å²) in [5.41, 5.74) is 0. The summed E-state index contributed by atoms with van der Waals surface area (Å²) in [6.45, 7) is 5.51. The highest BCUT2D eigenvalue weighted by Gasteiger charge is 2.13. The van der Waals surface area contributed by atoms with Gasteiger partial charge in [-0.05, 0) is 30.3 Å². The summed E-state index contributed by atoms with van der Waals surface area (Å²) in [6, 6.07) is 0. The SMILES string of the molecule is C=CCNCC(=O)NCC1CCSCC1. The van der Waals surface area contributed by atoms with E-state index in [1.165, 1.54) is 24.3 Å². The van der Waals surface area contributed by atoms with Crippen molar-refractivity contribution in [3.05, 3.63) is 12.7 Å². The summed E-state index contributed by atoms with van der Waals surface area (Å²) in [5.74, 6) is 3.27. The normalized spacial score (nSPS) is 17.3. The van der Waals surface area contributed by atoms with Crippen molar-refractivity contribution in [3.63, 3.8) is 0 Å². The van der Waals surface area contributed by atoms with Crippen molar-refractivity contribution in [3.8, 4) is 0 Å². The van der Waals surface area contributed by atoms with Crippen LogP contribution in [0.1, 0.15) is 12.8 Å². The molecule has 0 unspecified atom stereocenters. The first-order chi connectivity index (χ1) is 7.33. The van der Waals surface area contributed by atoms with Crippen molar-refractivity contribution in [2.45, 2.75) is 12.8 Å². The van der Waals surface area contributed by atoms with E-state index in [0.717, 1.165) is 6.54 Å². The van der Waals surface area contributed by atoms with Gasteiger partial charge in [0.25, 0.3) is 0 Å². The van der Waals surface area contributed by atoms with Crippen LogP contribution in [0.15, 0.2) is 12.7 Å². The lowest BCUT2D eigenvalue weighted by Gasteiger charge is -2.21. The number of nitrogens with one attached hydrogen (secondary N) is 2. The molecular weight excluding hydrogens is 208 g/mol. The molecular formula is C11H20N2OS. The third-order valence-corrected chi connectivity index (χ3v) is 3.55. The second-order valence-electron chi connectivity index (χ2n) is 3.78. The van der Waals surface area contributed by atoms with Crippen LogP contribution in [0.2, 0.25) is 0 Å². The fraction of sp³-hybridized carbons (Fsp3) is 0.727. The van der Waals surface area contributed by atoms with Gasteiger partial charge in [-0.15, -0.1) is 6.58 Å². The first kappa shape index (κ1) is 12.6. The van der Waals surface area contributed by atoms with E-state index in [0.29, 0.717) is 19.0 Å². The second kappa shape index (κ2) is 7.77. The van der Waals surface area contributed by atoms with E-state index in [1.54, 1.807) is 6.08 Å². The fourth-order valence-corrected chi connectivity index (χ4v) is 2.76. The van der Waals surface area contributed by atoms with Crippen molar-refractivity contribution >= 4 is 17.7 Å². The Labute approximate surface area is 96.1 Å². The van der Waals surface area contributed by atoms with Crippen molar-refractivity contribution in [2.75, 3.05) is 31.1 Å². The molecule has 1 heterocycles. The first-order valence-corrected chi connectivity index (χ1v) is 6.64. The zero-order valence-corrected chi connectivity index (χ0v) is 9.94. The van der Waals surface area contributed by atoms with E-state index >= 15 is 0 Å². The molecule has 1 amide bonds. The molecule has 0 aliphatic carbocycles. The third-order valence-electron chi connectivity index (χ3n) is 2.50. The minimum Gasteiger partial charge on any atom is -0.355 e. The minimum absolute atomic E-state index is 0.0927. The van der Waals surface area contributed by atoms with Crippen LogP contribution in [-0.4, -0.2) is 37.0 Å². The molecule has 0 atom stereocenters. The molecule has 2 N–H and O–H groups in total. The Balaban J connectivity index is 2.02. The molecule has 0 radical (unpaired) electrons. The molecule has 1 saturated heterocycles. The van der Waals surface area contributed by atoms with Crippen molar-refractivity contribution in [1.82, 2.24) is 10.6 Å². The monoisotopic (exact) mass is 228 g/mol. The number of thioether (sulfide) groups is 1. The highest BCUT2D eigenvalue weighted by atomic mass is 32.2. The number of carbonyl (C=O) groups excluding carboxylic acids is 1. The summed E-state index contributed by atoms with van der Waals surface area (Å²) in [5, 5.41) is 5.95. The molecule has 1 aliphatic rings. The Bertz CT molecular complexity index is 203. The van der Waals surface area contributed by atoms with Gasteiger partial charge >= 0.3 is 0 Å². The fourth-order valence-electron chi connectivity index (χ4n) is 1.56. The zero-order chi connectivity index (χ0) is 10.9.